The highest BCUT2D eigenvalue weighted by atomic mass is 32.2. The molecule has 1 fully saturated rings. The summed E-state index contributed by atoms with van der Waals surface area (Å²) in [6, 6.07) is 4.22. The molecule has 1 N–H and O–H groups in total. The van der Waals surface area contributed by atoms with Crippen LogP contribution in [0.15, 0.2) is 35.7 Å². The van der Waals surface area contributed by atoms with E-state index < -0.39 is 10.0 Å². The molecule has 0 atom stereocenters. The van der Waals surface area contributed by atoms with E-state index in [0.29, 0.717) is 32.1 Å². The van der Waals surface area contributed by atoms with Crippen LogP contribution in [0.1, 0.15) is 10.4 Å². The molecule has 0 radical (unpaired) electrons. The highest BCUT2D eigenvalue weighted by Gasteiger charge is 2.24. The monoisotopic (exact) mass is 340 g/mol. The fourth-order valence-electron chi connectivity index (χ4n) is 2.21. The minimum atomic E-state index is -3.71. The Bertz CT molecular complexity index is 681. The number of sulfonamides is 1. The average molecular weight is 340 g/mol. The zero-order valence-corrected chi connectivity index (χ0v) is 13.8. The van der Waals surface area contributed by atoms with Gasteiger partial charge in [-0.2, -0.15) is 0 Å². The van der Waals surface area contributed by atoms with Crippen molar-refractivity contribution in [2.24, 2.45) is 0 Å². The van der Waals surface area contributed by atoms with Crippen molar-refractivity contribution in [1.82, 2.24) is 9.62 Å². The van der Waals surface area contributed by atoms with Crippen molar-refractivity contribution in [2.75, 3.05) is 40.0 Å². The third-order valence-corrected chi connectivity index (χ3v) is 4.85. The molecule has 0 saturated carbocycles. The molecule has 0 spiro atoms. The molecule has 2 rings (SSSR count). The first-order chi connectivity index (χ1) is 11.0. The molecule has 126 valence electrons. The van der Waals surface area contributed by atoms with E-state index in [4.69, 9.17) is 9.47 Å². The minimum Gasteiger partial charge on any atom is -0.496 e. The van der Waals surface area contributed by atoms with Gasteiger partial charge in [-0.15, -0.1) is 6.58 Å². The van der Waals surface area contributed by atoms with E-state index in [1.807, 2.05) is 0 Å². The van der Waals surface area contributed by atoms with E-state index in [0.717, 1.165) is 0 Å². The van der Waals surface area contributed by atoms with E-state index in [-0.39, 0.29) is 22.9 Å². The van der Waals surface area contributed by atoms with Crippen LogP contribution >= 0.6 is 0 Å². The van der Waals surface area contributed by atoms with Crippen molar-refractivity contribution < 1.29 is 22.7 Å². The van der Waals surface area contributed by atoms with Gasteiger partial charge in [0.15, 0.2) is 0 Å². The molecule has 23 heavy (non-hydrogen) atoms. The molecule has 0 bridgehead atoms. The highest BCUT2D eigenvalue weighted by Crippen LogP contribution is 2.24. The highest BCUT2D eigenvalue weighted by molar-refractivity contribution is 7.89. The lowest BCUT2D eigenvalue weighted by atomic mass is 10.1. The predicted octanol–water partition coefficient (Wildman–Crippen LogP) is 0.632. The molecule has 8 heteroatoms. The quantitative estimate of drug-likeness (QED) is 0.768. The third kappa shape index (κ3) is 4.10. The summed E-state index contributed by atoms with van der Waals surface area (Å²) >= 11 is 0. The molecule has 1 amide bonds. The molecule has 0 aromatic heterocycles. The maximum absolute atomic E-state index is 12.6. The number of morpholine rings is 1. The summed E-state index contributed by atoms with van der Waals surface area (Å²) in [6.07, 6.45) is 1.45. The Labute approximate surface area is 135 Å². The number of benzene rings is 1. The first kappa shape index (κ1) is 17.5. The Morgan fingerprint density at radius 2 is 2.13 bits per heavy atom. The lowest BCUT2D eigenvalue weighted by molar-refractivity contribution is 0.0300. The van der Waals surface area contributed by atoms with Gasteiger partial charge >= 0.3 is 0 Å². The van der Waals surface area contributed by atoms with E-state index >= 15 is 0 Å². The molecule has 1 aliphatic heterocycles. The van der Waals surface area contributed by atoms with Gasteiger partial charge in [0.05, 0.1) is 30.8 Å². The fourth-order valence-corrected chi connectivity index (χ4v) is 3.23. The van der Waals surface area contributed by atoms with Crippen LogP contribution in [0.2, 0.25) is 0 Å². The number of ether oxygens (including phenoxy) is 2. The Balaban J connectivity index is 2.35. The van der Waals surface area contributed by atoms with E-state index in [1.165, 1.54) is 31.4 Å². The second-order valence-electron chi connectivity index (χ2n) is 4.91. The molecule has 1 saturated heterocycles. The summed E-state index contributed by atoms with van der Waals surface area (Å²) in [5, 5.41) is 0. The lowest BCUT2D eigenvalue weighted by Crippen LogP contribution is -2.40. The summed E-state index contributed by atoms with van der Waals surface area (Å²) in [6.45, 7) is 5.45. The van der Waals surface area contributed by atoms with Gasteiger partial charge in [0.25, 0.3) is 5.91 Å². The van der Waals surface area contributed by atoms with Crippen LogP contribution in [0.25, 0.3) is 0 Å². The molecule has 7 nitrogen and oxygen atoms in total. The van der Waals surface area contributed by atoms with Gasteiger partial charge in [-0.3, -0.25) is 4.79 Å². The van der Waals surface area contributed by atoms with Crippen LogP contribution in [-0.4, -0.2) is 59.2 Å². The molecular formula is C15H20N2O5S. The van der Waals surface area contributed by atoms with Gasteiger partial charge in [-0.25, -0.2) is 13.1 Å². The number of carbonyl (C=O) groups is 1. The molecule has 1 aromatic rings. The van der Waals surface area contributed by atoms with Crippen LogP contribution < -0.4 is 9.46 Å². The minimum absolute atomic E-state index is 0.0109. The van der Waals surface area contributed by atoms with Gasteiger partial charge in [0.2, 0.25) is 10.0 Å². The van der Waals surface area contributed by atoms with Crippen LogP contribution in [0.4, 0.5) is 0 Å². The number of hydrogen-bond donors (Lipinski definition) is 1. The molecule has 1 aliphatic rings. The second kappa shape index (κ2) is 7.58. The smallest absolute Gasteiger partial charge is 0.257 e. The largest absolute Gasteiger partial charge is 0.496 e. The van der Waals surface area contributed by atoms with Crippen molar-refractivity contribution in [1.29, 1.82) is 0 Å². The normalized spacial score (nSPS) is 15.3. The van der Waals surface area contributed by atoms with Crippen LogP contribution in [0.5, 0.6) is 5.75 Å². The van der Waals surface area contributed by atoms with Crippen molar-refractivity contribution in [2.45, 2.75) is 4.90 Å². The average Bonchev–Trinajstić information content (AvgIpc) is 2.59. The summed E-state index contributed by atoms with van der Waals surface area (Å²) in [7, 11) is -2.27. The number of rotatable bonds is 6. The van der Waals surface area contributed by atoms with Crippen molar-refractivity contribution in [3.8, 4) is 5.75 Å². The first-order valence-corrected chi connectivity index (χ1v) is 8.63. The first-order valence-electron chi connectivity index (χ1n) is 7.15. The van der Waals surface area contributed by atoms with E-state index in [2.05, 4.69) is 11.3 Å². The van der Waals surface area contributed by atoms with Gasteiger partial charge in [-0.1, -0.05) is 6.08 Å². The maximum Gasteiger partial charge on any atom is 0.257 e. The summed E-state index contributed by atoms with van der Waals surface area (Å²) in [5.74, 6) is 0.0649. The Hall–Kier alpha value is -1.90. The summed E-state index contributed by atoms with van der Waals surface area (Å²) < 4.78 is 37.2. The number of hydrogen-bond acceptors (Lipinski definition) is 5. The number of nitrogens with one attached hydrogen (secondary N) is 1. The van der Waals surface area contributed by atoms with Crippen molar-refractivity contribution >= 4 is 15.9 Å². The van der Waals surface area contributed by atoms with Gasteiger partial charge in [0.1, 0.15) is 5.75 Å². The van der Waals surface area contributed by atoms with Crippen LogP contribution in [-0.2, 0) is 14.8 Å². The van der Waals surface area contributed by atoms with E-state index in [9.17, 15) is 13.2 Å². The van der Waals surface area contributed by atoms with Crippen LogP contribution in [0.3, 0.4) is 0 Å². The van der Waals surface area contributed by atoms with Gasteiger partial charge < -0.3 is 14.4 Å². The van der Waals surface area contributed by atoms with Crippen LogP contribution in [0, 0.1) is 0 Å². The number of nitrogens with zero attached hydrogens (tertiary/aromatic N) is 1. The van der Waals surface area contributed by atoms with Crippen molar-refractivity contribution in [3.05, 3.63) is 36.4 Å². The Kier molecular flexibility index (Phi) is 5.75. The van der Waals surface area contributed by atoms with Crippen molar-refractivity contribution in [3.63, 3.8) is 0 Å². The zero-order chi connectivity index (χ0) is 16.9. The fraction of sp³-hybridized carbons (Fsp3) is 0.400. The topological polar surface area (TPSA) is 84.9 Å². The predicted molar refractivity (Wildman–Crippen MR) is 85.1 cm³/mol. The van der Waals surface area contributed by atoms with E-state index in [1.54, 1.807) is 4.90 Å². The second-order valence-corrected chi connectivity index (χ2v) is 6.67. The van der Waals surface area contributed by atoms with Gasteiger partial charge in [0, 0.05) is 19.6 Å². The summed E-state index contributed by atoms with van der Waals surface area (Å²) in [4.78, 5) is 14.3. The number of carbonyl (C=O) groups excluding carboxylic acids is 1. The Morgan fingerprint density at radius 3 is 2.74 bits per heavy atom. The van der Waals surface area contributed by atoms with Gasteiger partial charge in [-0.05, 0) is 18.2 Å². The SMILES string of the molecule is C=CCNS(=O)(=O)c1ccc(OC)c(C(=O)N2CCOCC2)c1. The number of methoxy groups -OCH3 is 1. The molecule has 0 unspecified atom stereocenters. The standard InChI is InChI=1S/C15H20N2O5S/c1-3-6-16-23(19,20)12-4-5-14(21-2)13(11-12)15(18)17-7-9-22-10-8-17/h3-5,11,16H,1,6-10H2,2H3. The molecular weight excluding hydrogens is 320 g/mol. The number of amides is 1. The molecule has 1 aromatic carbocycles. The molecule has 0 aliphatic carbocycles. The zero-order valence-electron chi connectivity index (χ0n) is 12.9. The Morgan fingerprint density at radius 1 is 1.43 bits per heavy atom. The third-order valence-electron chi connectivity index (χ3n) is 3.43. The molecule has 1 heterocycles. The lowest BCUT2D eigenvalue weighted by Gasteiger charge is -2.27. The maximum atomic E-state index is 12.6. The summed E-state index contributed by atoms with van der Waals surface area (Å²) in [5.41, 5.74) is 0.218.